The van der Waals surface area contributed by atoms with Gasteiger partial charge in [0.25, 0.3) is 0 Å². The summed E-state index contributed by atoms with van der Waals surface area (Å²) in [5.41, 5.74) is 0. The van der Waals surface area contributed by atoms with Crippen molar-refractivity contribution in [3.05, 3.63) is 14.7 Å². The maximum absolute atomic E-state index is 10.3. The highest BCUT2D eigenvalue weighted by molar-refractivity contribution is 7.24. The predicted octanol–water partition coefficient (Wildman–Crippen LogP) is -3.19. The van der Waals surface area contributed by atoms with Gasteiger partial charge >= 0.3 is 3.98 Å². The molecular formula is C9H14ClN2O4S2+. The second-order valence-corrected chi connectivity index (χ2v) is 6.82. The van der Waals surface area contributed by atoms with Crippen LogP contribution in [0.4, 0.5) is 0 Å². The molecule has 0 unspecified atom stereocenters. The summed E-state index contributed by atoms with van der Waals surface area (Å²) in [7, 11) is -4.29. The topological polar surface area (TPSA) is 84.7 Å². The van der Waals surface area contributed by atoms with Gasteiger partial charge in [0.05, 0.1) is 27.6 Å². The highest BCUT2D eigenvalue weighted by atomic mass is 35.7. The Kier molecular flexibility index (Phi) is 5.10. The molecule has 0 aliphatic carbocycles. The Balaban J connectivity index is 1.76. The quantitative estimate of drug-likeness (QED) is 0.547. The van der Waals surface area contributed by atoms with Crippen LogP contribution < -0.4 is 22.5 Å². The lowest BCUT2D eigenvalue weighted by atomic mass is 10.3. The molecule has 1 aliphatic rings. The zero-order valence-corrected chi connectivity index (χ0v) is 12.0. The molecule has 0 radical (unpaired) electrons. The Hall–Kier alpha value is -0.0600. The Morgan fingerprint density at radius 2 is 1.83 bits per heavy atom. The van der Waals surface area contributed by atoms with E-state index < -0.39 is 10.2 Å². The summed E-state index contributed by atoms with van der Waals surface area (Å²) in [6.45, 7) is 3.93. The van der Waals surface area contributed by atoms with Crippen molar-refractivity contribution < 1.29 is 28.5 Å². The number of nitrogens with zero attached hydrogens (tertiary/aromatic N) is 2. The largest absolute Gasteiger partial charge is 0.313 e. The van der Waals surface area contributed by atoms with E-state index in [1.54, 1.807) is 22.7 Å². The third-order valence-corrected chi connectivity index (χ3v) is 5.28. The van der Waals surface area contributed by atoms with E-state index in [0.717, 1.165) is 26.2 Å². The van der Waals surface area contributed by atoms with E-state index in [0.29, 0.717) is 6.54 Å². The van der Waals surface area contributed by atoms with Gasteiger partial charge in [0.2, 0.25) is 6.61 Å². The van der Waals surface area contributed by atoms with Crippen molar-refractivity contribution in [3.63, 3.8) is 0 Å². The van der Waals surface area contributed by atoms with Crippen LogP contribution in [-0.4, -0.2) is 44.2 Å². The summed E-state index contributed by atoms with van der Waals surface area (Å²) in [6, 6.07) is 0. The minimum Gasteiger partial charge on any atom is -0.288 e. The average Bonchev–Trinajstić information content (AvgIpc) is 2.82. The molecule has 1 aliphatic heterocycles. The van der Waals surface area contributed by atoms with Crippen LogP contribution in [0.1, 0.15) is 0 Å². The van der Waals surface area contributed by atoms with Crippen LogP contribution in [0.15, 0.2) is 10.8 Å². The minimum atomic E-state index is -4.29. The first-order valence-electron chi connectivity index (χ1n) is 5.42. The fourth-order valence-electron chi connectivity index (χ4n) is 1.76. The number of rotatable bonds is 4. The Morgan fingerprint density at radius 3 is 2.39 bits per heavy atom. The normalized spacial score (nSPS) is 18.3. The van der Waals surface area contributed by atoms with Crippen molar-refractivity contribution in [3.8, 4) is 0 Å². The maximum atomic E-state index is 10.3. The maximum Gasteiger partial charge on any atom is 0.313 e. The van der Waals surface area contributed by atoms with Gasteiger partial charge < -0.3 is 0 Å². The SMILES string of the molecule is [O-][Cl+3]([O-])([O-])OCCN1CC[N+](=c2sccs2)CC1. The lowest BCUT2D eigenvalue weighted by Gasteiger charge is -2.23. The summed E-state index contributed by atoms with van der Waals surface area (Å²) in [6.07, 6.45) is 0. The minimum absolute atomic E-state index is 0.0744. The Morgan fingerprint density at radius 1 is 1.22 bits per heavy atom. The number of halogens is 1. The fourth-order valence-corrected chi connectivity index (χ4v) is 3.92. The molecule has 9 heteroatoms. The van der Waals surface area contributed by atoms with Crippen LogP contribution in [0.25, 0.3) is 0 Å². The summed E-state index contributed by atoms with van der Waals surface area (Å²) in [5, 5.41) is 4.14. The zero-order valence-electron chi connectivity index (χ0n) is 9.62. The van der Waals surface area contributed by atoms with Crippen molar-refractivity contribution in [1.82, 2.24) is 9.48 Å². The van der Waals surface area contributed by atoms with Gasteiger partial charge in [-0.1, -0.05) is 22.7 Å². The third kappa shape index (κ3) is 4.56. The van der Waals surface area contributed by atoms with Crippen molar-refractivity contribution in [2.75, 3.05) is 39.3 Å². The number of hydrogen-bond acceptors (Lipinski definition) is 7. The standard InChI is InChI=1S/C9H14ClN2O4S2/c13-10(14,15)16-6-5-11-1-3-12(4-2-11)9-17-7-8-18-9/h7-8H,1-6H2/q+1. The molecule has 0 bridgehead atoms. The zero-order chi connectivity index (χ0) is 13.0. The highest BCUT2D eigenvalue weighted by Gasteiger charge is 2.23. The lowest BCUT2D eigenvalue weighted by Crippen LogP contribution is -2.61. The summed E-state index contributed by atoms with van der Waals surface area (Å²) >= 11 is 3.46. The van der Waals surface area contributed by atoms with Crippen LogP contribution in [0.5, 0.6) is 0 Å². The number of hydrogen-bond donors (Lipinski definition) is 0. The summed E-state index contributed by atoms with van der Waals surface area (Å²) in [4.78, 5) is 2.09. The molecule has 0 aromatic carbocycles. The molecule has 2 rings (SSSR count). The lowest BCUT2D eigenvalue weighted by molar-refractivity contribution is -1.92. The van der Waals surface area contributed by atoms with E-state index >= 15 is 0 Å². The fraction of sp³-hybridized carbons (Fsp3) is 0.667. The van der Waals surface area contributed by atoms with Crippen molar-refractivity contribution in [1.29, 1.82) is 0 Å². The molecule has 0 spiro atoms. The van der Waals surface area contributed by atoms with Gasteiger partial charge in [0.15, 0.2) is 13.1 Å². The molecule has 1 saturated heterocycles. The first-order valence-corrected chi connectivity index (χ1v) is 8.42. The van der Waals surface area contributed by atoms with Crippen LogP contribution in [-0.2, 0) is 4.29 Å². The van der Waals surface area contributed by atoms with Gasteiger partial charge in [-0.15, -0.1) is 0 Å². The van der Waals surface area contributed by atoms with Crippen LogP contribution in [0.3, 0.4) is 0 Å². The summed E-state index contributed by atoms with van der Waals surface area (Å²) < 4.78 is 38.5. The molecule has 1 aromatic rings. The first kappa shape index (κ1) is 14.4. The van der Waals surface area contributed by atoms with E-state index in [2.05, 4.69) is 24.5 Å². The molecule has 0 N–H and O–H groups in total. The van der Waals surface area contributed by atoms with Gasteiger partial charge in [-0.3, -0.25) is 4.90 Å². The second kappa shape index (κ2) is 6.40. The van der Waals surface area contributed by atoms with Gasteiger partial charge in [0, 0.05) is 17.3 Å². The molecular weight excluding hydrogens is 300 g/mol. The molecule has 102 valence electrons. The second-order valence-electron chi connectivity index (χ2n) is 3.79. The van der Waals surface area contributed by atoms with Crippen molar-refractivity contribution in [2.24, 2.45) is 0 Å². The molecule has 2 heterocycles. The van der Waals surface area contributed by atoms with E-state index in [-0.39, 0.29) is 6.61 Å². The molecule has 18 heavy (non-hydrogen) atoms. The molecule has 1 fully saturated rings. The van der Waals surface area contributed by atoms with E-state index in [1.165, 1.54) is 3.98 Å². The van der Waals surface area contributed by atoms with E-state index in [9.17, 15) is 14.0 Å². The third-order valence-electron chi connectivity index (χ3n) is 2.64. The summed E-state index contributed by atoms with van der Waals surface area (Å²) in [5.74, 6) is 0. The van der Waals surface area contributed by atoms with E-state index in [1.807, 2.05) is 0 Å². The predicted molar refractivity (Wildman–Crippen MR) is 59.6 cm³/mol. The molecule has 0 saturated carbocycles. The van der Waals surface area contributed by atoms with Crippen LogP contribution in [0, 0.1) is 10.2 Å². The van der Waals surface area contributed by atoms with Gasteiger partial charge in [0.1, 0.15) is 0 Å². The van der Waals surface area contributed by atoms with Crippen molar-refractivity contribution >= 4 is 22.7 Å². The van der Waals surface area contributed by atoms with Gasteiger partial charge in [-0.2, -0.15) is 14.0 Å². The van der Waals surface area contributed by atoms with Crippen LogP contribution in [0.2, 0.25) is 0 Å². The van der Waals surface area contributed by atoms with Gasteiger partial charge in [-0.05, 0) is 0 Å². The Bertz CT molecular complexity index is 416. The van der Waals surface area contributed by atoms with Gasteiger partial charge in [-0.25, -0.2) is 4.58 Å². The number of piperazine rings is 1. The molecule has 6 nitrogen and oxygen atoms in total. The smallest absolute Gasteiger partial charge is 0.288 e. The van der Waals surface area contributed by atoms with Crippen LogP contribution >= 0.6 is 22.7 Å². The molecule has 0 amide bonds. The highest BCUT2D eigenvalue weighted by Crippen LogP contribution is 1.99. The Labute approximate surface area is 115 Å². The van der Waals surface area contributed by atoms with E-state index in [4.69, 9.17) is 0 Å². The van der Waals surface area contributed by atoms with Crippen molar-refractivity contribution in [2.45, 2.75) is 0 Å². The molecule has 1 aromatic heterocycles. The average molecular weight is 314 g/mol. The molecule has 0 atom stereocenters. The first-order chi connectivity index (χ1) is 8.54. The monoisotopic (exact) mass is 313 g/mol.